The van der Waals surface area contributed by atoms with Gasteiger partial charge in [-0.2, -0.15) is 4.98 Å². The third kappa shape index (κ3) is 2.86. The van der Waals surface area contributed by atoms with E-state index in [4.69, 9.17) is 11.6 Å². The highest BCUT2D eigenvalue weighted by Crippen LogP contribution is 2.29. The molecule has 0 unspecified atom stereocenters. The average molecular weight is 395 g/mol. The number of fused-ring (bicyclic) bond motifs is 1. The van der Waals surface area contributed by atoms with Crippen molar-refractivity contribution in [3.05, 3.63) is 97.9 Å². The Morgan fingerprint density at radius 1 is 1.04 bits per heavy atom. The summed E-state index contributed by atoms with van der Waals surface area (Å²) in [6, 6.07) is 16.8. The predicted molar refractivity (Wildman–Crippen MR) is 106 cm³/mol. The Hall–Kier alpha value is -3.45. The maximum atomic E-state index is 13.4. The zero-order valence-corrected chi connectivity index (χ0v) is 15.6. The monoisotopic (exact) mass is 394 g/mol. The number of ketones is 1. The van der Waals surface area contributed by atoms with Crippen molar-refractivity contribution in [3.63, 3.8) is 0 Å². The van der Waals surface area contributed by atoms with Crippen molar-refractivity contribution in [3.8, 4) is 0 Å². The molecule has 0 saturated carbocycles. The van der Waals surface area contributed by atoms with Crippen LogP contribution in [0.5, 0.6) is 0 Å². The van der Waals surface area contributed by atoms with Crippen LogP contribution in [0.3, 0.4) is 0 Å². The topological polar surface area (TPSA) is 89.8 Å². The van der Waals surface area contributed by atoms with E-state index in [1.807, 2.05) is 12.1 Å². The molecule has 2 aromatic carbocycles. The molecule has 140 valence electrons. The Morgan fingerprint density at radius 2 is 1.64 bits per heavy atom. The summed E-state index contributed by atoms with van der Waals surface area (Å²) in [6.07, 6.45) is 0. The summed E-state index contributed by atoms with van der Waals surface area (Å²) in [5.74, 6) is -0.249. The minimum Gasteiger partial charge on any atom is -0.293 e. The lowest BCUT2D eigenvalue weighted by Gasteiger charge is -2.19. The molecular weight excluding hydrogens is 380 g/mol. The molecule has 7 nitrogen and oxygen atoms in total. The van der Waals surface area contributed by atoms with Crippen LogP contribution in [0.2, 0.25) is 5.28 Å². The van der Waals surface area contributed by atoms with Gasteiger partial charge in [0.1, 0.15) is 6.04 Å². The second-order valence-corrected chi connectivity index (χ2v) is 6.62. The second-order valence-electron chi connectivity index (χ2n) is 6.28. The van der Waals surface area contributed by atoms with Gasteiger partial charge < -0.3 is 0 Å². The molecule has 28 heavy (non-hydrogen) atoms. The molecule has 0 fully saturated rings. The second kappa shape index (κ2) is 6.94. The maximum absolute atomic E-state index is 13.4. The van der Waals surface area contributed by atoms with Gasteiger partial charge in [0.25, 0.3) is 5.56 Å². The number of rotatable bonds is 4. The number of benzene rings is 2. The Morgan fingerprint density at radius 3 is 2.29 bits per heavy atom. The van der Waals surface area contributed by atoms with Crippen LogP contribution in [-0.2, 0) is 7.05 Å². The van der Waals surface area contributed by atoms with E-state index >= 15 is 0 Å². The number of hydrogen-bond donors (Lipinski definition) is 1. The van der Waals surface area contributed by atoms with Crippen LogP contribution in [0.15, 0.2) is 70.3 Å². The quantitative estimate of drug-likeness (QED) is 0.425. The number of Topliss-reactive ketones (excluding diaryl/α,β-unsaturated/α-hetero) is 1. The molecule has 2 heterocycles. The van der Waals surface area contributed by atoms with Crippen LogP contribution < -0.4 is 11.2 Å². The molecule has 1 atom stereocenters. The van der Waals surface area contributed by atoms with Gasteiger partial charge in [0.2, 0.25) is 5.28 Å². The number of aryl methyl sites for hydroxylation is 1. The van der Waals surface area contributed by atoms with E-state index in [-0.39, 0.29) is 22.2 Å². The number of halogens is 1. The van der Waals surface area contributed by atoms with E-state index in [1.165, 1.54) is 16.2 Å². The van der Waals surface area contributed by atoms with Crippen LogP contribution in [0.25, 0.3) is 11.2 Å². The van der Waals surface area contributed by atoms with Gasteiger partial charge in [-0.3, -0.25) is 23.7 Å². The van der Waals surface area contributed by atoms with Crippen LogP contribution in [-0.4, -0.2) is 24.9 Å². The lowest BCUT2D eigenvalue weighted by molar-refractivity contribution is 0.0947. The van der Waals surface area contributed by atoms with Gasteiger partial charge >= 0.3 is 5.69 Å². The van der Waals surface area contributed by atoms with Crippen molar-refractivity contribution in [1.82, 2.24) is 19.1 Å². The van der Waals surface area contributed by atoms with Crippen molar-refractivity contribution in [2.45, 2.75) is 6.04 Å². The fraction of sp³-hybridized carbons (Fsp3) is 0.100. The molecule has 2 aromatic heterocycles. The van der Waals surface area contributed by atoms with Crippen molar-refractivity contribution < 1.29 is 4.79 Å². The lowest BCUT2D eigenvalue weighted by atomic mass is 9.97. The molecule has 0 radical (unpaired) electrons. The minimum absolute atomic E-state index is 0.0557. The van der Waals surface area contributed by atoms with Crippen molar-refractivity contribution in [2.75, 3.05) is 0 Å². The van der Waals surface area contributed by atoms with E-state index < -0.39 is 17.3 Å². The summed E-state index contributed by atoms with van der Waals surface area (Å²) in [5, 5.41) is -0.0557. The summed E-state index contributed by atoms with van der Waals surface area (Å²) >= 11 is 6.37. The number of imidazole rings is 1. The third-order valence-electron chi connectivity index (χ3n) is 4.59. The molecular formula is C20H15ClN4O3. The number of nitrogens with zero attached hydrogens (tertiary/aromatic N) is 3. The van der Waals surface area contributed by atoms with E-state index in [0.717, 1.165) is 0 Å². The fourth-order valence-corrected chi connectivity index (χ4v) is 3.49. The maximum Gasteiger partial charge on any atom is 0.329 e. The SMILES string of the molecule is Cn1c(=O)[nH]c(=O)c2c1nc(Cl)n2[C@H](C(=O)c1ccccc1)c1ccccc1. The van der Waals surface area contributed by atoms with Gasteiger partial charge in [0.05, 0.1) is 0 Å². The lowest BCUT2D eigenvalue weighted by Crippen LogP contribution is -2.31. The third-order valence-corrected chi connectivity index (χ3v) is 4.85. The van der Waals surface area contributed by atoms with Crippen LogP contribution in [0.4, 0.5) is 0 Å². The summed E-state index contributed by atoms with van der Waals surface area (Å²) in [4.78, 5) is 44.3. The number of aromatic amines is 1. The molecule has 4 aromatic rings. The summed E-state index contributed by atoms with van der Waals surface area (Å²) in [7, 11) is 1.48. The van der Waals surface area contributed by atoms with Crippen molar-refractivity contribution in [1.29, 1.82) is 0 Å². The highest BCUT2D eigenvalue weighted by Gasteiger charge is 2.29. The molecule has 0 aliphatic carbocycles. The normalized spacial score (nSPS) is 12.2. The van der Waals surface area contributed by atoms with Crippen LogP contribution in [0, 0.1) is 0 Å². The first-order valence-corrected chi connectivity index (χ1v) is 8.88. The van der Waals surface area contributed by atoms with E-state index in [9.17, 15) is 14.4 Å². The first-order chi connectivity index (χ1) is 13.5. The van der Waals surface area contributed by atoms with Gasteiger partial charge in [-0.25, -0.2) is 4.79 Å². The Labute approximate surface area is 163 Å². The number of hydrogen-bond acceptors (Lipinski definition) is 4. The van der Waals surface area contributed by atoms with Gasteiger partial charge in [0.15, 0.2) is 16.9 Å². The largest absolute Gasteiger partial charge is 0.329 e. The molecule has 0 spiro atoms. The van der Waals surface area contributed by atoms with Crippen LogP contribution in [0.1, 0.15) is 22.0 Å². The van der Waals surface area contributed by atoms with Gasteiger partial charge in [-0.15, -0.1) is 0 Å². The molecule has 8 heteroatoms. The smallest absolute Gasteiger partial charge is 0.293 e. The summed E-state index contributed by atoms with van der Waals surface area (Å²) in [5.41, 5.74) is 0.0239. The highest BCUT2D eigenvalue weighted by atomic mass is 35.5. The minimum atomic E-state index is -0.917. The first kappa shape index (κ1) is 17.9. The number of carbonyl (C=O) groups is 1. The van der Waals surface area contributed by atoms with Crippen molar-refractivity contribution >= 4 is 28.5 Å². The highest BCUT2D eigenvalue weighted by molar-refractivity contribution is 6.29. The number of H-pyrrole nitrogens is 1. The van der Waals surface area contributed by atoms with E-state index in [2.05, 4.69) is 9.97 Å². The number of nitrogens with one attached hydrogen (secondary N) is 1. The van der Waals surface area contributed by atoms with E-state index in [0.29, 0.717) is 11.1 Å². The van der Waals surface area contributed by atoms with Crippen LogP contribution >= 0.6 is 11.6 Å². The van der Waals surface area contributed by atoms with Gasteiger partial charge in [-0.05, 0) is 17.2 Å². The Balaban J connectivity index is 2.05. The fourth-order valence-electron chi connectivity index (χ4n) is 3.22. The average Bonchev–Trinajstić information content (AvgIpc) is 3.05. The van der Waals surface area contributed by atoms with E-state index in [1.54, 1.807) is 48.5 Å². The molecule has 0 amide bonds. The number of carbonyl (C=O) groups excluding carboxylic acids is 1. The Bertz CT molecular complexity index is 1290. The standard InChI is InChI=1S/C20H15ClN4O3/c1-24-17-15(18(27)23-20(24)28)25(19(21)22-17)14(12-8-4-2-5-9-12)16(26)13-10-6-3-7-11-13/h2-11,14H,1H3,(H,23,27,28)/t14-/m0/s1. The van der Waals surface area contributed by atoms with Gasteiger partial charge in [-0.1, -0.05) is 60.7 Å². The molecule has 0 aliphatic rings. The summed E-state index contributed by atoms with van der Waals surface area (Å²) < 4.78 is 2.56. The predicted octanol–water partition coefficient (Wildman–Crippen LogP) is 2.55. The molecule has 4 rings (SSSR count). The molecule has 0 saturated heterocycles. The molecule has 1 N–H and O–H groups in total. The zero-order chi connectivity index (χ0) is 19.8. The van der Waals surface area contributed by atoms with Gasteiger partial charge in [0, 0.05) is 12.6 Å². The number of aromatic nitrogens is 4. The molecule has 0 bridgehead atoms. The molecule has 0 aliphatic heterocycles. The Kier molecular flexibility index (Phi) is 4.44. The first-order valence-electron chi connectivity index (χ1n) is 8.50. The summed E-state index contributed by atoms with van der Waals surface area (Å²) in [6.45, 7) is 0. The zero-order valence-electron chi connectivity index (χ0n) is 14.8. The van der Waals surface area contributed by atoms with Crippen molar-refractivity contribution in [2.24, 2.45) is 7.05 Å².